The molecule has 3 aliphatic rings. The van der Waals surface area contributed by atoms with Crippen LogP contribution < -0.4 is 15.0 Å². The molecule has 1 N–H and O–H groups in total. The molecule has 1 aromatic rings. The Hall–Kier alpha value is -2.38. The highest BCUT2D eigenvalue weighted by Crippen LogP contribution is 2.52. The average Bonchev–Trinajstić information content (AvgIpc) is 3.42. The summed E-state index contributed by atoms with van der Waals surface area (Å²) in [5.41, 5.74) is 0.0914. The van der Waals surface area contributed by atoms with Crippen LogP contribution in [-0.4, -0.2) is 68.3 Å². The van der Waals surface area contributed by atoms with E-state index >= 15 is 0 Å². The molecule has 3 heterocycles. The summed E-state index contributed by atoms with van der Waals surface area (Å²) in [4.78, 5) is 30.4. The smallest absolute Gasteiger partial charge is 0.234 e. The molecule has 2 amide bonds. The van der Waals surface area contributed by atoms with Gasteiger partial charge in [0, 0.05) is 12.2 Å². The number of fused-ring (bicyclic) bond motifs is 1. The number of nitrogens with zero attached hydrogens (tertiary/aromatic N) is 2. The summed E-state index contributed by atoms with van der Waals surface area (Å²) < 4.78 is 11.4. The van der Waals surface area contributed by atoms with E-state index in [1.54, 1.807) is 12.0 Å². The fourth-order valence-electron chi connectivity index (χ4n) is 4.95. The number of nitrogens with one attached hydrogen (secondary N) is 1. The van der Waals surface area contributed by atoms with Gasteiger partial charge >= 0.3 is 0 Å². The Morgan fingerprint density at radius 3 is 2.70 bits per heavy atom. The Morgan fingerprint density at radius 2 is 2.03 bits per heavy atom. The number of rotatable bonds is 9. The molecule has 1 spiro atoms. The van der Waals surface area contributed by atoms with E-state index in [0.717, 1.165) is 37.5 Å². The molecular weight excluding hydrogens is 382 g/mol. The number of benzene rings is 1. The molecule has 0 unspecified atom stereocenters. The first kappa shape index (κ1) is 20.9. The van der Waals surface area contributed by atoms with Gasteiger partial charge in [0.05, 0.1) is 31.6 Å². The van der Waals surface area contributed by atoms with Gasteiger partial charge in [-0.2, -0.15) is 0 Å². The summed E-state index contributed by atoms with van der Waals surface area (Å²) in [6.07, 6.45) is 4.50. The second kappa shape index (κ2) is 8.40. The van der Waals surface area contributed by atoms with Crippen LogP contribution in [0.4, 0.5) is 5.69 Å². The third-order valence-corrected chi connectivity index (χ3v) is 6.63. The predicted molar refractivity (Wildman–Crippen MR) is 114 cm³/mol. The lowest BCUT2D eigenvalue weighted by molar-refractivity contribution is -0.131. The molecule has 4 atom stereocenters. The van der Waals surface area contributed by atoms with E-state index in [1.165, 1.54) is 0 Å². The fraction of sp³-hybridized carbons (Fsp3) is 0.565. The number of carbonyl (C=O) groups is 2. The maximum Gasteiger partial charge on any atom is 0.234 e. The van der Waals surface area contributed by atoms with Gasteiger partial charge in [-0.05, 0) is 50.3 Å². The standard InChI is InChI=1S/C23H31N3O4/c1-4-25(5-2)14-6-13-24-21(27)19-18-11-12-23(30-18)15-26(22(28)20(19)23)16-7-9-17(29-3)10-8-16/h7-12,18-20H,4-6,13-15H2,1-3H3,(H,24,27)/t18-,19-,20+,23+/m1/s1. The number of hydrogen-bond acceptors (Lipinski definition) is 5. The first-order chi connectivity index (χ1) is 14.5. The second-order valence-corrected chi connectivity index (χ2v) is 8.19. The molecule has 7 nitrogen and oxygen atoms in total. The molecule has 0 radical (unpaired) electrons. The average molecular weight is 414 g/mol. The summed E-state index contributed by atoms with van der Waals surface area (Å²) in [6, 6.07) is 7.41. The van der Waals surface area contributed by atoms with Gasteiger partial charge in [0.25, 0.3) is 0 Å². The van der Waals surface area contributed by atoms with E-state index in [0.29, 0.717) is 13.1 Å². The van der Waals surface area contributed by atoms with E-state index in [4.69, 9.17) is 9.47 Å². The molecule has 2 saturated heterocycles. The maximum atomic E-state index is 13.3. The Kier molecular flexibility index (Phi) is 5.84. The zero-order valence-corrected chi connectivity index (χ0v) is 18.0. The van der Waals surface area contributed by atoms with Crippen molar-refractivity contribution in [1.29, 1.82) is 0 Å². The van der Waals surface area contributed by atoms with Crippen LogP contribution in [0.3, 0.4) is 0 Å². The van der Waals surface area contributed by atoms with Crippen molar-refractivity contribution in [1.82, 2.24) is 10.2 Å². The minimum atomic E-state index is -0.703. The topological polar surface area (TPSA) is 71.1 Å². The highest BCUT2D eigenvalue weighted by atomic mass is 16.5. The van der Waals surface area contributed by atoms with Gasteiger partial charge in [-0.3, -0.25) is 9.59 Å². The summed E-state index contributed by atoms with van der Waals surface area (Å²) in [5, 5.41) is 3.05. The summed E-state index contributed by atoms with van der Waals surface area (Å²) in [6.45, 7) is 8.29. The Bertz CT molecular complexity index is 820. The van der Waals surface area contributed by atoms with Crippen molar-refractivity contribution < 1.29 is 19.1 Å². The highest BCUT2D eigenvalue weighted by Gasteiger charge is 2.67. The maximum absolute atomic E-state index is 13.3. The van der Waals surface area contributed by atoms with Gasteiger partial charge in [-0.25, -0.2) is 0 Å². The van der Waals surface area contributed by atoms with Crippen LogP contribution in [-0.2, 0) is 14.3 Å². The number of ether oxygens (including phenoxy) is 2. The van der Waals surface area contributed by atoms with E-state index in [9.17, 15) is 9.59 Å². The lowest BCUT2D eigenvalue weighted by Gasteiger charge is -2.24. The van der Waals surface area contributed by atoms with E-state index in [1.807, 2.05) is 36.4 Å². The molecular formula is C23H31N3O4. The lowest BCUT2D eigenvalue weighted by atomic mass is 9.77. The quantitative estimate of drug-likeness (QED) is 0.494. The van der Waals surface area contributed by atoms with E-state index in [-0.39, 0.29) is 17.9 Å². The van der Waals surface area contributed by atoms with Crippen LogP contribution in [0.15, 0.2) is 36.4 Å². The number of carbonyl (C=O) groups excluding carboxylic acids is 2. The van der Waals surface area contributed by atoms with Gasteiger partial charge in [0.2, 0.25) is 11.8 Å². The highest BCUT2D eigenvalue weighted by molar-refractivity contribution is 6.03. The molecule has 2 bridgehead atoms. The number of anilines is 1. The minimum absolute atomic E-state index is 0.0460. The third kappa shape index (κ3) is 3.50. The third-order valence-electron chi connectivity index (χ3n) is 6.63. The summed E-state index contributed by atoms with van der Waals surface area (Å²) in [5.74, 6) is -0.338. The van der Waals surface area contributed by atoms with Crippen molar-refractivity contribution in [2.45, 2.75) is 32.0 Å². The molecule has 7 heteroatoms. The second-order valence-electron chi connectivity index (χ2n) is 8.19. The normalized spacial score (nSPS) is 29.0. The molecule has 3 aliphatic heterocycles. The zero-order valence-electron chi connectivity index (χ0n) is 18.0. The fourth-order valence-corrected chi connectivity index (χ4v) is 4.95. The van der Waals surface area contributed by atoms with Crippen LogP contribution in [0.5, 0.6) is 5.75 Å². The van der Waals surface area contributed by atoms with Crippen molar-refractivity contribution in [3.63, 3.8) is 0 Å². The molecule has 30 heavy (non-hydrogen) atoms. The van der Waals surface area contributed by atoms with Crippen molar-refractivity contribution in [2.75, 3.05) is 44.7 Å². The SMILES string of the molecule is CCN(CC)CCCNC(=O)[C@H]1[C@H]2C(=O)N(c3ccc(OC)cc3)C[C@@]23C=C[C@H]1O3. The van der Waals surface area contributed by atoms with Crippen molar-refractivity contribution in [2.24, 2.45) is 11.8 Å². The Morgan fingerprint density at radius 1 is 1.30 bits per heavy atom. The Labute approximate surface area is 178 Å². The summed E-state index contributed by atoms with van der Waals surface area (Å²) in [7, 11) is 1.61. The van der Waals surface area contributed by atoms with Gasteiger partial charge < -0.3 is 24.6 Å². The predicted octanol–water partition coefficient (Wildman–Crippen LogP) is 1.83. The van der Waals surface area contributed by atoms with Gasteiger partial charge in [-0.15, -0.1) is 0 Å². The first-order valence-electron chi connectivity index (χ1n) is 10.9. The molecule has 0 aliphatic carbocycles. The molecule has 4 rings (SSSR count). The van der Waals surface area contributed by atoms with Crippen molar-refractivity contribution in [3.8, 4) is 5.75 Å². The van der Waals surface area contributed by atoms with Crippen LogP contribution in [0.2, 0.25) is 0 Å². The molecule has 1 aromatic carbocycles. The van der Waals surface area contributed by atoms with E-state index in [2.05, 4.69) is 24.1 Å². The van der Waals surface area contributed by atoms with Gasteiger partial charge in [0.15, 0.2) is 0 Å². The largest absolute Gasteiger partial charge is 0.497 e. The molecule has 2 fully saturated rings. The van der Waals surface area contributed by atoms with Gasteiger partial charge in [-0.1, -0.05) is 26.0 Å². The van der Waals surface area contributed by atoms with Crippen LogP contribution in [0.25, 0.3) is 0 Å². The molecule has 0 saturated carbocycles. The van der Waals surface area contributed by atoms with Crippen molar-refractivity contribution >= 4 is 17.5 Å². The number of amides is 2. The van der Waals surface area contributed by atoms with Crippen molar-refractivity contribution in [3.05, 3.63) is 36.4 Å². The van der Waals surface area contributed by atoms with Crippen LogP contribution >= 0.6 is 0 Å². The number of hydrogen-bond donors (Lipinski definition) is 1. The number of methoxy groups -OCH3 is 1. The summed E-state index contributed by atoms with van der Waals surface area (Å²) >= 11 is 0. The Balaban J connectivity index is 1.43. The monoisotopic (exact) mass is 413 g/mol. The minimum Gasteiger partial charge on any atom is -0.497 e. The first-order valence-corrected chi connectivity index (χ1v) is 10.9. The molecule has 0 aromatic heterocycles. The van der Waals surface area contributed by atoms with Crippen LogP contribution in [0, 0.1) is 11.8 Å². The van der Waals surface area contributed by atoms with Crippen LogP contribution in [0.1, 0.15) is 20.3 Å². The lowest BCUT2D eigenvalue weighted by Crippen LogP contribution is -2.44. The van der Waals surface area contributed by atoms with Gasteiger partial charge in [0.1, 0.15) is 11.4 Å². The zero-order chi connectivity index (χ0) is 21.3. The van der Waals surface area contributed by atoms with E-state index < -0.39 is 17.4 Å². The molecule has 162 valence electrons.